The summed E-state index contributed by atoms with van der Waals surface area (Å²) in [5, 5.41) is 0. The fourth-order valence-electron chi connectivity index (χ4n) is 2.22. The number of hydrogen-bond acceptors (Lipinski definition) is 3. The van der Waals surface area contributed by atoms with Crippen LogP contribution in [-0.2, 0) is 4.74 Å². The highest BCUT2D eigenvalue weighted by atomic mass is 16.5. The van der Waals surface area contributed by atoms with Gasteiger partial charge >= 0.3 is 0 Å². The molecule has 0 amide bonds. The van der Waals surface area contributed by atoms with Crippen LogP contribution in [0.4, 0.5) is 0 Å². The van der Waals surface area contributed by atoms with E-state index in [1.54, 1.807) is 0 Å². The van der Waals surface area contributed by atoms with Gasteiger partial charge in [-0.1, -0.05) is 0 Å². The van der Waals surface area contributed by atoms with Crippen molar-refractivity contribution in [1.29, 1.82) is 0 Å². The third kappa shape index (κ3) is 2.42. The summed E-state index contributed by atoms with van der Waals surface area (Å²) < 4.78 is 5.74. The zero-order valence-electron chi connectivity index (χ0n) is 8.24. The van der Waals surface area contributed by atoms with Gasteiger partial charge in [-0.3, -0.25) is 4.90 Å². The lowest BCUT2D eigenvalue weighted by Crippen LogP contribution is -2.47. The molecule has 0 spiro atoms. The first-order valence-electron chi connectivity index (χ1n) is 5.47. The molecule has 2 rings (SSSR count). The van der Waals surface area contributed by atoms with Crippen molar-refractivity contribution in [1.82, 2.24) is 4.90 Å². The smallest absolute Gasteiger partial charge is 0.110 e. The van der Waals surface area contributed by atoms with E-state index in [9.17, 15) is 0 Å². The van der Waals surface area contributed by atoms with Crippen molar-refractivity contribution in [2.75, 3.05) is 19.7 Å². The van der Waals surface area contributed by atoms with E-state index in [1.807, 2.05) is 0 Å². The number of rotatable bonds is 1. The van der Waals surface area contributed by atoms with Crippen LogP contribution in [0.1, 0.15) is 32.1 Å². The minimum absolute atomic E-state index is 0.404. The molecule has 0 aliphatic carbocycles. The first-order valence-corrected chi connectivity index (χ1v) is 5.47. The van der Waals surface area contributed by atoms with E-state index in [1.165, 1.54) is 19.3 Å². The molecule has 2 N–H and O–H groups in total. The summed E-state index contributed by atoms with van der Waals surface area (Å²) in [6.07, 6.45) is 6.47. The van der Waals surface area contributed by atoms with Gasteiger partial charge in [0.25, 0.3) is 0 Å². The second-order valence-electron chi connectivity index (χ2n) is 4.19. The average Bonchev–Trinajstić information content (AvgIpc) is 2.20. The Hall–Kier alpha value is -0.120. The van der Waals surface area contributed by atoms with Gasteiger partial charge in [0.05, 0.1) is 0 Å². The molecule has 76 valence electrons. The van der Waals surface area contributed by atoms with Crippen LogP contribution >= 0.6 is 0 Å². The quantitative estimate of drug-likeness (QED) is 0.659. The molecule has 2 aliphatic rings. The molecule has 0 saturated carbocycles. The Labute approximate surface area is 80.2 Å². The van der Waals surface area contributed by atoms with Crippen LogP contribution in [0.15, 0.2) is 0 Å². The van der Waals surface area contributed by atoms with Crippen molar-refractivity contribution in [3.05, 3.63) is 0 Å². The number of piperidine rings is 1. The molecule has 2 fully saturated rings. The molecule has 3 nitrogen and oxygen atoms in total. The van der Waals surface area contributed by atoms with Gasteiger partial charge in [0, 0.05) is 25.7 Å². The predicted octanol–water partition coefficient (Wildman–Crippen LogP) is 0.936. The molecule has 13 heavy (non-hydrogen) atoms. The maximum atomic E-state index is 5.86. The van der Waals surface area contributed by atoms with Gasteiger partial charge in [-0.15, -0.1) is 0 Å². The van der Waals surface area contributed by atoms with Gasteiger partial charge in [-0.05, 0) is 32.1 Å². The van der Waals surface area contributed by atoms with Crippen molar-refractivity contribution in [2.45, 2.75) is 44.4 Å². The zero-order valence-corrected chi connectivity index (χ0v) is 8.24. The summed E-state index contributed by atoms with van der Waals surface area (Å²) in [7, 11) is 0. The Morgan fingerprint density at radius 1 is 1.08 bits per heavy atom. The van der Waals surface area contributed by atoms with E-state index in [-0.39, 0.29) is 0 Å². The third-order valence-electron chi connectivity index (χ3n) is 3.14. The second kappa shape index (κ2) is 4.40. The van der Waals surface area contributed by atoms with E-state index in [2.05, 4.69) is 4.90 Å². The van der Waals surface area contributed by atoms with Gasteiger partial charge in [0.1, 0.15) is 6.23 Å². The number of hydrogen-bond donors (Lipinski definition) is 1. The van der Waals surface area contributed by atoms with Crippen molar-refractivity contribution >= 4 is 0 Å². The third-order valence-corrected chi connectivity index (χ3v) is 3.14. The number of likely N-dealkylation sites (tertiary alicyclic amines) is 1. The van der Waals surface area contributed by atoms with E-state index in [0.717, 1.165) is 32.5 Å². The molecular weight excluding hydrogens is 164 g/mol. The first-order chi connectivity index (χ1) is 6.36. The topological polar surface area (TPSA) is 38.5 Å². The number of nitrogens with zero attached hydrogens (tertiary/aromatic N) is 1. The molecule has 0 bridgehead atoms. The predicted molar refractivity (Wildman–Crippen MR) is 52.4 cm³/mol. The molecule has 0 radical (unpaired) electrons. The fourth-order valence-corrected chi connectivity index (χ4v) is 2.22. The van der Waals surface area contributed by atoms with Crippen LogP contribution in [0.2, 0.25) is 0 Å². The Kier molecular flexibility index (Phi) is 3.19. The molecular formula is C10H20N2O. The Morgan fingerprint density at radius 2 is 1.85 bits per heavy atom. The summed E-state index contributed by atoms with van der Waals surface area (Å²) in [6.45, 7) is 3.21. The van der Waals surface area contributed by atoms with Gasteiger partial charge in [-0.2, -0.15) is 0 Å². The van der Waals surface area contributed by atoms with Crippen molar-refractivity contribution in [3.8, 4) is 0 Å². The lowest BCUT2D eigenvalue weighted by Gasteiger charge is -2.38. The SMILES string of the molecule is NC1CCN(C2CCCCO2)CC1. The molecule has 2 aliphatic heterocycles. The summed E-state index contributed by atoms with van der Waals surface area (Å²) in [5.74, 6) is 0. The lowest BCUT2D eigenvalue weighted by atomic mass is 10.0. The average molecular weight is 184 g/mol. The van der Waals surface area contributed by atoms with E-state index >= 15 is 0 Å². The molecule has 3 heteroatoms. The van der Waals surface area contributed by atoms with E-state index < -0.39 is 0 Å². The molecule has 0 aromatic heterocycles. The summed E-state index contributed by atoms with van der Waals surface area (Å²) in [6, 6.07) is 0.430. The lowest BCUT2D eigenvalue weighted by molar-refractivity contribution is -0.0928. The minimum Gasteiger partial charge on any atom is -0.363 e. The number of nitrogens with two attached hydrogens (primary N) is 1. The molecule has 0 aromatic rings. The van der Waals surface area contributed by atoms with Crippen LogP contribution in [0.5, 0.6) is 0 Å². The maximum Gasteiger partial charge on any atom is 0.110 e. The van der Waals surface area contributed by atoms with Crippen molar-refractivity contribution in [2.24, 2.45) is 5.73 Å². The Morgan fingerprint density at radius 3 is 2.46 bits per heavy atom. The monoisotopic (exact) mass is 184 g/mol. The van der Waals surface area contributed by atoms with Gasteiger partial charge < -0.3 is 10.5 Å². The summed E-state index contributed by atoms with van der Waals surface area (Å²) >= 11 is 0. The Balaban J connectivity index is 1.79. The van der Waals surface area contributed by atoms with Crippen LogP contribution in [-0.4, -0.2) is 36.9 Å². The van der Waals surface area contributed by atoms with Crippen LogP contribution in [0.3, 0.4) is 0 Å². The van der Waals surface area contributed by atoms with Gasteiger partial charge in [0.2, 0.25) is 0 Å². The number of ether oxygens (including phenoxy) is 1. The van der Waals surface area contributed by atoms with Gasteiger partial charge in [-0.25, -0.2) is 0 Å². The molecule has 1 unspecified atom stereocenters. The van der Waals surface area contributed by atoms with Crippen LogP contribution < -0.4 is 5.73 Å². The fraction of sp³-hybridized carbons (Fsp3) is 1.00. The van der Waals surface area contributed by atoms with Crippen molar-refractivity contribution < 1.29 is 4.74 Å². The minimum atomic E-state index is 0.404. The highest BCUT2D eigenvalue weighted by Gasteiger charge is 2.25. The van der Waals surface area contributed by atoms with Crippen LogP contribution in [0, 0.1) is 0 Å². The highest BCUT2D eigenvalue weighted by Crippen LogP contribution is 2.20. The summed E-state index contributed by atoms with van der Waals surface area (Å²) in [4.78, 5) is 2.46. The van der Waals surface area contributed by atoms with E-state index in [0.29, 0.717) is 12.3 Å². The normalized spacial score (nSPS) is 33.5. The van der Waals surface area contributed by atoms with Crippen molar-refractivity contribution in [3.63, 3.8) is 0 Å². The molecule has 2 saturated heterocycles. The van der Waals surface area contributed by atoms with E-state index in [4.69, 9.17) is 10.5 Å². The summed E-state index contributed by atoms with van der Waals surface area (Å²) in [5.41, 5.74) is 5.86. The molecule has 2 heterocycles. The standard InChI is InChI=1S/C10H20N2O/c11-9-4-6-12(7-5-9)10-3-1-2-8-13-10/h9-10H,1-8,11H2. The molecule has 1 atom stereocenters. The Bertz CT molecular complexity index is 149. The first kappa shape index (κ1) is 9.44. The zero-order chi connectivity index (χ0) is 9.10. The largest absolute Gasteiger partial charge is 0.363 e. The van der Waals surface area contributed by atoms with Crippen LogP contribution in [0.25, 0.3) is 0 Å². The highest BCUT2D eigenvalue weighted by molar-refractivity contribution is 4.77. The second-order valence-corrected chi connectivity index (χ2v) is 4.19. The maximum absolute atomic E-state index is 5.86. The molecule has 0 aromatic carbocycles. The van der Waals surface area contributed by atoms with Gasteiger partial charge in [0.15, 0.2) is 0 Å².